The number of nitro groups is 1. The largest absolute Gasteiger partial charge is 0.381 e. The summed E-state index contributed by atoms with van der Waals surface area (Å²) < 4.78 is 0. The zero-order valence-corrected chi connectivity index (χ0v) is 11.1. The van der Waals surface area contributed by atoms with Crippen molar-refractivity contribution in [1.82, 2.24) is 0 Å². The summed E-state index contributed by atoms with van der Waals surface area (Å²) in [6.45, 7) is 4.86. The minimum absolute atomic E-state index is 0.109. The van der Waals surface area contributed by atoms with Crippen molar-refractivity contribution in [2.24, 2.45) is 0 Å². The molecule has 4 nitrogen and oxygen atoms in total. The van der Waals surface area contributed by atoms with Crippen LogP contribution >= 0.6 is 11.3 Å². The Labute approximate surface area is 109 Å². The third-order valence-corrected chi connectivity index (χ3v) is 3.69. The maximum atomic E-state index is 10.7. The molecule has 0 spiro atoms. The van der Waals surface area contributed by atoms with Crippen molar-refractivity contribution in [2.75, 3.05) is 5.32 Å². The van der Waals surface area contributed by atoms with E-state index in [0.717, 1.165) is 5.69 Å². The summed E-state index contributed by atoms with van der Waals surface area (Å²) in [6.07, 6.45) is 0. The maximum Gasteiger partial charge on any atom is 0.271 e. The summed E-state index contributed by atoms with van der Waals surface area (Å²) in [5.41, 5.74) is 2.12. The van der Waals surface area contributed by atoms with Crippen molar-refractivity contribution >= 4 is 22.7 Å². The zero-order chi connectivity index (χ0) is 13.1. The highest BCUT2D eigenvalue weighted by atomic mass is 32.1. The van der Waals surface area contributed by atoms with Gasteiger partial charge in [-0.15, -0.1) is 11.3 Å². The van der Waals surface area contributed by atoms with Gasteiger partial charge in [0.05, 0.1) is 4.92 Å². The Kier molecular flexibility index (Phi) is 3.62. The Morgan fingerprint density at radius 3 is 2.72 bits per heavy atom. The van der Waals surface area contributed by atoms with E-state index in [-0.39, 0.29) is 10.6 Å². The van der Waals surface area contributed by atoms with Crippen molar-refractivity contribution in [3.05, 3.63) is 55.8 Å². The van der Waals surface area contributed by atoms with Crippen molar-refractivity contribution in [2.45, 2.75) is 20.4 Å². The van der Waals surface area contributed by atoms with Gasteiger partial charge in [-0.05, 0) is 31.5 Å². The molecule has 1 heterocycles. The number of aryl methyl sites for hydroxylation is 2. The minimum Gasteiger partial charge on any atom is -0.381 e. The van der Waals surface area contributed by atoms with Crippen LogP contribution in [-0.2, 0) is 6.54 Å². The highest BCUT2D eigenvalue weighted by Gasteiger charge is 2.06. The topological polar surface area (TPSA) is 55.2 Å². The first-order valence-corrected chi connectivity index (χ1v) is 6.42. The van der Waals surface area contributed by atoms with E-state index in [9.17, 15) is 10.1 Å². The summed E-state index contributed by atoms with van der Waals surface area (Å²) in [6, 6.07) is 8.71. The van der Waals surface area contributed by atoms with Gasteiger partial charge < -0.3 is 5.32 Å². The van der Waals surface area contributed by atoms with Crippen LogP contribution in [0.4, 0.5) is 11.4 Å². The lowest BCUT2D eigenvalue weighted by atomic mass is 10.2. The predicted octanol–water partition coefficient (Wildman–Crippen LogP) is 3.89. The van der Waals surface area contributed by atoms with Crippen LogP contribution in [0.15, 0.2) is 30.3 Å². The fourth-order valence-electron chi connectivity index (χ4n) is 1.79. The Morgan fingerprint density at radius 1 is 1.33 bits per heavy atom. The first-order chi connectivity index (χ1) is 8.56. The molecule has 0 aliphatic heterocycles. The number of benzene rings is 1. The van der Waals surface area contributed by atoms with Gasteiger partial charge in [0.1, 0.15) is 0 Å². The highest BCUT2D eigenvalue weighted by molar-refractivity contribution is 7.12. The van der Waals surface area contributed by atoms with Gasteiger partial charge in [-0.25, -0.2) is 0 Å². The Balaban J connectivity index is 2.08. The van der Waals surface area contributed by atoms with Crippen LogP contribution in [0.25, 0.3) is 0 Å². The molecule has 0 amide bonds. The molecular weight excluding hydrogens is 248 g/mol. The molecular formula is C13H14N2O2S. The molecule has 2 rings (SSSR count). The fourth-order valence-corrected chi connectivity index (χ4v) is 2.73. The van der Waals surface area contributed by atoms with E-state index in [1.165, 1.54) is 21.4 Å². The molecule has 0 atom stereocenters. The Hall–Kier alpha value is -1.88. The number of non-ortho nitro benzene ring substituents is 1. The summed E-state index contributed by atoms with van der Waals surface area (Å²) >= 11 is 1.76. The second kappa shape index (κ2) is 5.18. The smallest absolute Gasteiger partial charge is 0.271 e. The number of nitro benzene ring substituents is 1. The van der Waals surface area contributed by atoms with Gasteiger partial charge in [0, 0.05) is 34.1 Å². The first-order valence-electron chi connectivity index (χ1n) is 5.60. The Morgan fingerprint density at radius 2 is 2.11 bits per heavy atom. The van der Waals surface area contributed by atoms with Crippen molar-refractivity contribution in [1.29, 1.82) is 0 Å². The summed E-state index contributed by atoms with van der Waals surface area (Å²) in [4.78, 5) is 12.8. The van der Waals surface area contributed by atoms with Gasteiger partial charge in [0.2, 0.25) is 0 Å². The molecule has 0 aliphatic carbocycles. The molecule has 0 saturated carbocycles. The molecule has 94 valence electrons. The van der Waals surface area contributed by atoms with E-state index < -0.39 is 0 Å². The monoisotopic (exact) mass is 262 g/mol. The van der Waals surface area contributed by atoms with Crippen LogP contribution in [0.2, 0.25) is 0 Å². The summed E-state index contributed by atoms with van der Waals surface area (Å²) in [5, 5.41) is 13.9. The quantitative estimate of drug-likeness (QED) is 0.672. The number of thiophene rings is 1. The van der Waals surface area contributed by atoms with Crippen molar-refractivity contribution in [3.63, 3.8) is 0 Å². The molecule has 1 aromatic heterocycles. The maximum absolute atomic E-state index is 10.7. The van der Waals surface area contributed by atoms with Gasteiger partial charge in [0.15, 0.2) is 0 Å². The number of nitrogens with one attached hydrogen (secondary N) is 1. The van der Waals surface area contributed by atoms with Crippen LogP contribution in [0.1, 0.15) is 15.3 Å². The van der Waals surface area contributed by atoms with E-state index in [1.54, 1.807) is 23.5 Å². The first kappa shape index (κ1) is 12.6. The third kappa shape index (κ3) is 2.87. The van der Waals surface area contributed by atoms with E-state index >= 15 is 0 Å². The number of hydrogen-bond donors (Lipinski definition) is 1. The second-order valence-electron chi connectivity index (χ2n) is 4.10. The normalized spacial score (nSPS) is 10.3. The summed E-state index contributed by atoms with van der Waals surface area (Å²) in [5.74, 6) is 0. The number of anilines is 1. The molecule has 0 aliphatic rings. The molecule has 0 bridgehead atoms. The molecule has 1 N–H and O–H groups in total. The molecule has 2 aromatic rings. The fraction of sp³-hybridized carbons (Fsp3) is 0.231. The molecule has 0 radical (unpaired) electrons. The van der Waals surface area contributed by atoms with Gasteiger partial charge in [-0.3, -0.25) is 10.1 Å². The summed E-state index contributed by atoms with van der Waals surface area (Å²) in [7, 11) is 0. The van der Waals surface area contributed by atoms with E-state index in [4.69, 9.17) is 0 Å². The van der Waals surface area contributed by atoms with Crippen LogP contribution in [0.5, 0.6) is 0 Å². The van der Waals surface area contributed by atoms with Crippen molar-refractivity contribution < 1.29 is 4.92 Å². The van der Waals surface area contributed by atoms with Gasteiger partial charge >= 0.3 is 0 Å². The second-order valence-corrected chi connectivity index (χ2v) is 5.56. The van der Waals surface area contributed by atoms with Gasteiger partial charge in [-0.1, -0.05) is 6.07 Å². The van der Waals surface area contributed by atoms with Crippen LogP contribution < -0.4 is 5.32 Å². The standard InChI is InChI=1S/C13H14N2O2S/c1-9-6-11(10(2)18-9)8-14-12-4-3-5-13(7-12)15(16)17/h3-7,14H,8H2,1-2H3. The van der Waals surface area contributed by atoms with E-state index in [2.05, 4.69) is 25.2 Å². The predicted molar refractivity (Wildman–Crippen MR) is 74.2 cm³/mol. The zero-order valence-electron chi connectivity index (χ0n) is 10.3. The van der Waals surface area contributed by atoms with E-state index in [1.807, 2.05) is 6.07 Å². The van der Waals surface area contributed by atoms with Crippen LogP contribution in [0, 0.1) is 24.0 Å². The van der Waals surface area contributed by atoms with Crippen molar-refractivity contribution in [3.8, 4) is 0 Å². The molecule has 18 heavy (non-hydrogen) atoms. The molecule has 0 fully saturated rings. The lowest BCUT2D eigenvalue weighted by Gasteiger charge is -2.05. The average molecular weight is 262 g/mol. The number of nitrogens with zero attached hydrogens (tertiary/aromatic N) is 1. The molecule has 5 heteroatoms. The highest BCUT2D eigenvalue weighted by Crippen LogP contribution is 2.22. The lowest BCUT2D eigenvalue weighted by Crippen LogP contribution is -1.99. The van der Waals surface area contributed by atoms with Crippen LogP contribution in [0.3, 0.4) is 0 Å². The number of hydrogen-bond acceptors (Lipinski definition) is 4. The average Bonchev–Trinajstić information content (AvgIpc) is 2.65. The molecule has 0 saturated heterocycles. The third-order valence-electron chi connectivity index (χ3n) is 2.68. The Bertz CT molecular complexity index is 578. The van der Waals surface area contributed by atoms with Crippen LogP contribution in [-0.4, -0.2) is 4.92 Å². The minimum atomic E-state index is -0.384. The number of rotatable bonds is 4. The van der Waals surface area contributed by atoms with Gasteiger partial charge in [0.25, 0.3) is 5.69 Å². The SMILES string of the molecule is Cc1cc(CNc2cccc([N+](=O)[O-])c2)c(C)s1. The lowest BCUT2D eigenvalue weighted by molar-refractivity contribution is -0.384. The van der Waals surface area contributed by atoms with E-state index in [0.29, 0.717) is 6.54 Å². The van der Waals surface area contributed by atoms with Gasteiger partial charge in [-0.2, -0.15) is 0 Å². The molecule has 1 aromatic carbocycles. The molecule has 0 unspecified atom stereocenters.